The van der Waals surface area contributed by atoms with Crippen LogP contribution in [0.1, 0.15) is 83.8 Å². The first kappa shape index (κ1) is 31.3. The molecule has 0 radical (unpaired) electrons. The normalized spacial score (nSPS) is 14.8. The smallest absolute Gasteiger partial charge is 0.406 e. The molecule has 0 aliphatic heterocycles. The van der Waals surface area contributed by atoms with Crippen molar-refractivity contribution in [1.29, 1.82) is 0 Å². The molecule has 2 N–H and O–H groups in total. The fraction of sp³-hybridized carbons (Fsp3) is 0.394. The lowest BCUT2D eigenvalue weighted by atomic mass is 9.96. The number of amides is 1. The first-order chi connectivity index (χ1) is 21.9. The van der Waals surface area contributed by atoms with Crippen molar-refractivity contribution in [2.24, 2.45) is 5.92 Å². The molecule has 13 heteroatoms. The molecule has 0 unspecified atom stereocenters. The first-order valence-electron chi connectivity index (χ1n) is 15.2. The molecule has 4 aromatic rings. The summed E-state index contributed by atoms with van der Waals surface area (Å²) in [5.41, 5.74) is 6.42. The van der Waals surface area contributed by atoms with Gasteiger partial charge in [0.25, 0.3) is 5.91 Å². The fourth-order valence-corrected chi connectivity index (χ4v) is 5.57. The highest BCUT2D eigenvalue weighted by Crippen LogP contribution is 2.48. The average molecular weight is 634 g/mol. The summed E-state index contributed by atoms with van der Waals surface area (Å²) in [4.78, 5) is 16.8. The van der Waals surface area contributed by atoms with Crippen LogP contribution in [-0.4, -0.2) is 47.6 Å². The van der Waals surface area contributed by atoms with Crippen molar-refractivity contribution in [2.45, 2.75) is 77.4 Å². The van der Waals surface area contributed by atoms with Crippen LogP contribution >= 0.6 is 0 Å². The zero-order valence-electron chi connectivity index (χ0n) is 25.5. The molecule has 6 rings (SSSR count). The van der Waals surface area contributed by atoms with Crippen LogP contribution in [0.2, 0.25) is 0 Å². The SMILES string of the molecule is CC(C)(O)c1ccc(CNC(=O)c2cn(CCCCc3cc4c(nn3)CC(C3CC3)=C4c3ccc(OC(F)(F)F)cc3)nn2)cn1. The third-order valence-corrected chi connectivity index (χ3v) is 8.06. The second-order valence-electron chi connectivity index (χ2n) is 12.2. The van der Waals surface area contributed by atoms with E-state index < -0.39 is 12.0 Å². The lowest BCUT2D eigenvalue weighted by molar-refractivity contribution is -0.274. The zero-order valence-corrected chi connectivity index (χ0v) is 25.5. The molecule has 3 aromatic heterocycles. The number of unbranched alkanes of at least 4 members (excludes halogenated alkanes) is 1. The maximum Gasteiger partial charge on any atom is 0.573 e. The van der Waals surface area contributed by atoms with Gasteiger partial charge in [0.1, 0.15) is 11.4 Å². The maximum atomic E-state index is 12.7. The number of ether oxygens (including phenoxy) is 1. The van der Waals surface area contributed by atoms with Crippen molar-refractivity contribution < 1.29 is 27.8 Å². The van der Waals surface area contributed by atoms with Crippen molar-refractivity contribution in [3.8, 4) is 5.75 Å². The van der Waals surface area contributed by atoms with Crippen LogP contribution < -0.4 is 10.1 Å². The Morgan fingerprint density at radius 1 is 1.07 bits per heavy atom. The van der Waals surface area contributed by atoms with Crippen molar-refractivity contribution in [3.63, 3.8) is 0 Å². The molecule has 0 atom stereocenters. The molecule has 1 fully saturated rings. The van der Waals surface area contributed by atoms with Crippen LogP contribution in [0.4, 0.5) is 13.2 Å². The molecule has 3 heterocycles. The van der Waals surface area contributed by atoms with Gasteiger partial charge in [-0.3, -0.25) is 14.5 Å². The van der Waals surface area contributed by atoms with Crippen molar-refractivity contribution in [1.82, 2.24) is 35.5 Å². The number of alkyl halides is 3. The van der Waals surface area contributed by atoms with Gasteiger partial charge in [-0.15, -0.1) is 18.3 Å². The highest BCUT2D eigenvalue weighted by Gasteiger charge is 2.35. The molecular formula is C33H34F3N7O3. The van der Waals surface area contributed by atoms with Gasteiger partial charge in [0.05, 0.1) is 23.3 Å². The Hall–Kier alpha value is -4.65. The molecule has 1 aromatic carbocycles. The number of aryl methyl sites for hydroxylation is 2. The van der Waals surface area contributed by atoms with E-state index in [0.717, 1.165) is 59.3 Å². The molecule has 2 aliphatic rings. The van der Waals surface area contributed by atoms with Crippen LogP contribution in [0, 0.1) is 5.92 Å². The van der Waals surface area contributed by atoms with E-state index >= 15 is 0 Å². The molecule has 240 valence electrons. The number of halogens is 3. The predicted octanol–water partition coefficient (Wildman–Crippen LogP) is 5.31. The van der Waals surface area contributed by atoms with E-state index in [-0.39, 0.29) is 23.9 Å². The highest BCUT2D eigenvalue weighted by atomic mass is 19.4. The Morgan fingerprint density at radius 2 is 1.85 bits per heavy atom. The molecule has 1 amide bonds. The largest absolute Gasteiger partial charge is 0.573 e. The Kier molecular flexibility index (Phi) is 8.60. The van der Waals surface area contributed by atoms with Gasteiger partial charge >= 0.3 is 6.36 Å². The van der Waals surface area contributed by atoms with Gasteiger partial charge < -0.3 is 15.2 Å². The molecule has 0 bridgehead atoms. The van der Waals surface area contributed by atoms with Crippen LogP contribution in [-0.2, 0) is 31.5 Å². The number of pyridine rings is 1. The van der Waals surface area contributed by atoms with Crippen LogP contribution in [0.3, 0.4) is 0 Å². The number of carbonyl (C=O) groups is 1. The van der Waals surface area contributed by atoms with Gasteiger partial charge in [-0.05, 0) is 92.8 Å². The van der Waals surface area contributed by atoms with Crippen molar-refractivity contribution in [2.75, 3.05) is 0 Å². The standard InChI is InChI=1S/C33H34F3N7O3/c1-32(2,45)29-13-6-20(17-37-29)18-38-31(44)28-19-43(42-41-28)14-4-3-5-23-15-26-27(40-39-23)16-25(21-7-8-21)30(26)22-9-11-24(12-10-22)46-33(34,35)36/h6,9-13,15,17,19,21,45H,3-5,7-8,14,16,18H2,1-2H3,(H,38,44). The molecule has 0 saturated heterocycles. The predicted molar refractivity (Wildman–Crippen MR) is 161 cm³/mol. The number of aromatic nitrogens is 6. The van der Waals surface area contributed by atoms with Gasteiger partial charge in [-0.2, -0.15) is 10.2 Å². The second kappa shape index (κ2) is 12.6. The van der Waals surface area contributed by atoms with Crippen molar-refractivity contribution >= 4 is 11.5 Å². The van der Waals surface area contributed by atoms with Crippen LogP contribution in [0.25, 0.3) is 5.57 Å². The number of carbonyl (C=O) groups excluding carboxylic acids is 1. The summed E-state index contributed by atoms with van der Waals surface area (Å²) in [6, 6.07) is 11.6. The first-order valence-corrected chi connectivity index (χ1v) is 15.2. The van der Waals surface area contributed by atoms with Gasteiger partial charge in [-0.1, -0.05) is 29.0 Å². The summed E-state index contributed by atoms with van der Waals surface area (Å²) < 4.78 is 43.7. The van der Waals surface area contributed by atoms with E-state index in [4.69, 9.17) is 0 Å². The average Bonchev–Trinajstić information content (AvgIpc) is 3.63. The number of hydrogen-bond acceptors (Lipinski definition) is 8. The van der Waals surface area contributed by atoms with Crippen molar-refractivity contribution in [3.05, 3.63) is 99.9 Å². The van der Waals surface area contributed by atoms with E-state index in [2.05, 4.69) is 41.6 Å². The molecule has 10 nitrogen and oxygen atoms in total. The van der Waals surface area contributed by atoms with E-state index in [1.807, 2.05) is 0 Å². The van der Waals surface area contributed by atoms with E-state index in [9.17, 15) is 23.1 Å². The Morgan fingerprint density at radius 3 is 2.52 bits per heavy atom. The number of hydrogen-bond donors (Lipinski definition) is 2. The summed E-state index contributed by atoms with van der Waals surface area (Å²) in [6.45, 7) is 4.16. The van der Waals surface area contributed by atoms with Gasteiger partial charge in [-0.25, -0.2) is 0 Å². The van der Waals surface area contributed by atoms with Crippen LogP contribution in [0.5, 0.6) is 5.75 Å². The number of aliphatic hydroxyl groups is 1. The summed E-state index contributed by atoms with van der Waals surface area (Å²) in [7, 11) is 0. The minimum absolute atomic E-state index is 0.217. The minimum atomic E-state index is -4.73. The van der Waals surface area contributed by atoms with Gasteiger partial charge in [0.15, 0.2) is 5.69 Å². The third-order valence-electron chi connectivity index (χ3n) is 8.06. The second-order valence-corrected chi connectivity index (χ2v) is 12.2. The van der Waals surface area contributed by atoms with Crippen LogP contribution in [0.15, 0.2) is 60.4 Å². The molecule has 0 spiro atoms. The zero-order chi connectivity index (χ0) is 32.5. The lowest BCUT2D eigenvalue weighted by Gasteiger charge is -2.16. The van der Waals surface area contributed by atoms with E-state index in [1.54, 1.807) is 55.2 Å². The fourth-order valence-electron chi connectivity index (χ4n) is 5.57. The van der Waals surface area contributed by atoms with E-state index in [0.29, 0.717) is 31.0 Å². The number of benzene rings is 1. The Labute approximate surface area is 263 Å². The van der Waals surface area contributed by atoms with E-state index in [1.165, 1.54) is 17.7 Å². The lowest BCUT2D eigenvalue weighted by Crippen LogP contribution is -2.23. The third kappa shape index (κ3) is 7.58. The summed E-state index contributed by atoms with van der Waals surface area (Å²) >= 11 is 0. The minimum Gasteiger partial charge on any atom is -0.406 e. The number of fused-ring (bicyclic) bond motifs is 1. The number of allylic oxidation sites excluding steroid dienone is 1. The molecular weight excluding hydrogens is 599 g/mol. The molecule has 1 saturated carbocycles. The summed E-state index contributed by atoms with van der Waals surface area (Å²) in [5.74, 6) is -0.122. The Balaban J connectivity index is 1.02. The molecule has 46 heavy (non-hydrogen) atoms. The quantitative estimate of drug-likeness (QED) is 0.201. The number of rotatable bonds is 12. The summed E-state index contributed by atoms with van der Waals surface area (Å²) in [6.07, 6.45) is 3.67. The monoisotopic (exact) mass is 633 g/mol. The number of nitrogens with one attached hydrogen (secondary N) is 1. The Bertz CT molecular complexity index is 1740. The molecule has 2 aliphatic carbocycles. The van der Waals surface area contributed by atoms with Gasteiger partial charge in [0.2, 0.25) is 0 Å². The topological polar surface area (TPSA) is 128 Å². The summed E-state index contributed by atoms with van der Waals surface area (Å²) in [5, 5.41) is 29.9. The highest BCUT2D eigenvalue weighted by molar-refractivity contribution is 5.91. The maximum absolute atomic E-state index is 12.7. The van der Waals surface area contributed by atoms with Gasteiger partial charge in [0, 0.05) is 31.3 Å². The number of nitrogens with zero attached hydrogens (tertiary/aromatic N) is 6.